The summed E-state index contributed by atoms with van der Waals surface area (Å²) in [6.07, 6.45) is 14.8. The van der Waals surface area contributed by atoms with Gasteiger partial charge < -0.3 is 26.0 Å². The second-order valence-corrected chi connectivity index (χ2v) is 21.0. The molecular formula is C46H78N2O6. The highest BCUT2D eigenvalue weighted by molar-refractivity contribution is 5.84. The van der Waals surface area contributed by atoms with Gasteiger partial charge in [0.25, 0.3) is 0 Å². The Balaban J connectivity index is 1.15. The molecule has 0 saturated heterocycles. The summed E-state index contributed by atoms with van der Waals surface area (Å²) in [5.41, 5.74) is 1.55. The number of allylic oxidation sites excluding steroid dienone is 1. The minimum absolute atomic E-state index is 0.0488. The van der Waals surface area contributed by atoms with Gasteiger partial charge in [-0.05, 0) is 148 Å². The molecule has 1 unspecified atom stereocenters. The Hall–Kier alpha value is -1.93. The zero-order chi connectivity index (χ0) is 39.9. The number of aliphatic hydroxyl groups excluding tert-OH is 2. The van der Waals surface area contributed by atoms with Crippen LogP contribution in [0.2, 0.25) is 0 Å². The molecule has 5 fully saturated rings. The quantitative estimate of drug-likeness (QED) is 0.0790. The second kappa shape index (κ2) is 16.5. The van der Waals surface area contributed by atoms with Crippen molar-refractivity contribution in [3.05, 3.63) is 12.2 Å². The third kappa shape index (κ3) is 7.83. The maximum Gasteiger partial charge on any atom is 0.306 e. The highest BCUT2D eigenvalue weighted by Gasteiger charge is 2.71. The third-order valence-electron chi connectivity index (χ3n) is 17.3. The molecule has 8 nitrogen and oxygen atoms in total. The fourth-order valence-corrected chi connectivity index (χ4v) is 14.3. The summed E-state index contributed by atoms with van der Waals surface area (Å²) in [4.78, 5) is 38.2. The molecule has 0 radical (unpaired) electrons. The average Bonchev–Trinajstić information content (AvgIpc) is 3.49. The standard InChI is InChI=1S/C46H78N2O6/c1-29(2)27-33(34(49)28-39(52)53)48-38(51)15-13-11-10-12-14-26-47-41(54)46-23-18-31(30(3)4)40(46)32-16-17-36-43(7)21-20-37(50)42(5,6)35(43)19-22-45(36,9)44(32,8)24-25-46/h29,31-37,40,49-50H,3,10-28H2,1-2,4-9H3,(H,47,54)(H,48,51)(H,52,53)/t31-,32+,33-,34+,35-,36?,37-,40+,43-,44+,45+,46-/m0/s1. The number of aliphatic hydroxyl groups is 2. The largest absolute Gasteiger partial charge is 0.481 e. The summed E-state index contributed by atoms with van der Waals surface area (Å²) in [6, 6.07) is -0.554. The molecule has 5 N–H and O–H groups in total. The first kappa shape index (κ1) is 43.2. The lowest BCUT2D eigenvalue weighted by Crippen LogP contribution is -2.67. The number of carboxylic acid groups (broad SMARTS) is 1. The number of aliphatic carboxylic acids is 1. The Labute approximate surface area is 327 Å². The van der Waals surface area contributed by atoms with E-state index in [1.54, 1.807) is 0 Å². The van der Waals surface area contributed by atoms with Crippen LogP contribution >= 0.6 is 0 Å². The Morgan fingerprint density at radius 2 is 1.50 bits per heavy atom. The summed E-state index contributed by atoms with van der Waals surface area (Å²) in [5.74, 6) is 1.75. The molecule has 0 aliphatic heterocycles. The zero-order valence-electron chi connectivity index (χ0n) is 35.4. The number of hydrogen-bond acceptors (Lipinski definition) is 5. The summed E-state index contributed by atoms with van der Waals surface area (Å²) in [7, 11) is 0. The SMILES string of the molecule is C=C(C)[C@@H]1CC[C@]2(C(=O)NCCCCCCCC(=O)N[C@@H](CC(C)C)[C@H](O)CC(=O)O)CC[C@]3(C)[C@H](CCC4[C@@]5(C)CC[C@H](O)C(C)(C)[C@@H]5CC[C@]43C)[C@@H]12. The minimum atomic E-state index is -1.10. The lowest BCUT2D eigenvalue weighted by atomic mass is 9.32. The van der Waals surface area contributed by atoms with Crippen LogP contribution in [0.25, 0.3) is 0 Å². The molecule has 5 aliphatic rings. The summed E-state index contributed by atoms with van der Waals surface area (Å²) < 4.78 is 0. The van der Waals surface area contributed by atoms with Crippen molar-refractivity contribution in [1.82, 2.24) is 10.6 Å². The molecular weight excluding hydrogens is 677 g/mol. The van der Waals surface area contributed by atoms with Crippen molar-refractivity contribution in [2.45, 2.75) is 189 Å². The van der Waals surface area contributed by atoms with E-state index < -0.39 is 18.1 Å². The lowest BCUT2D eigenvalue weighted by Gasteiger charge is -2.72. The predicted molar refractivity (Wildman–Crippen MR) is 215 cm³/mol. The first-order chi connectivity index (χ1) is 25.2. The molecule has 0 aromatic rings. The summed E-state index contributed by atoms with van der Waals surface area (Å²) in [5, 5.41) is 36.8. The van der Waals surface area contributed by atoms with E-state index in [0.29, 0.717) is 49.0 Å². The van der Waals surface area contributed by atoms with E-state index in [1.807, 2.05) is 13.8 Å². The minimum Gasteiger partial charge on any atom is -0.481 e. The van der Waals surface area contributed by atoms with E-state index in [0.717, 1.165) is 70.6 Å². The normalized spacial score (nSPS) is 39.3. The average molecular weight is 755 g/mol. The molecule has 5 saturated carbocycles. The number of hydrogen-bond donors (Lipinski definition) is 5. The molecule has 12 atom stereocenters. The van der Waals surface area contributed by atoms with Crippen LogP contribution in [-0.2, 0) is 14.4 Å². The van der Waals surface area contributed by atoms with Gasteiger partial charge in [0.05, 0.1) is 30.1 Å². The van der Waals surface area contributed by atoms with Gasteiger partial charge in [0, 0.05) is 13.0 Å². The number of rotatable bonds is 16. The Morgan fingerprint density at radius 3 is 2.17 bits per heavy atom. The van der Waals surface area contributed by atoms with Crippen LogP contribution in [0.3, 0.4) is 0 Å². The van der Waals surface area contributed by atoms with Crippen molar-refractivity contribution in [3.63, 3.8) is 0 Å². The van der Waals surface area contributed by atoms with E-state index in [9.17, 15) is 24.6 Å². The monoisotopic (exact) mass is 755 g/mol. The number of carbonyl (C=O) groups is 3. The fourth-order valence-electron chi connectivity index (χ4n) is 14.3. The van der Waals surface area contributed by atoms with Crippen molar-refractivity contribution in [2.24, 2.45) is 62.6 Å². The first-order valence-electron chi connectivity index (χ1n) is 22.1. The topological polar surface area (TPSA) is 136 Å². The van der Waals surface area contributed by atoms with Gasteiger partial charge in [-0.3, -0.25) is 14.4 Å². The smallest absolute Gasteiger partial charge is 0.306 e. The maximum absolute atomic E-state index is 14.5. The van der Waals surface area contributed by atoms with E-state index >= 15 is 0 Å². The molecule has 0 bridgehead atoms. The number of fused-ring (bicyclic) bond motifs is 7. The van der Waals surface area contributed by atoms with Gasteiger partial charge in [-0.2, -0.15) is 0 Å². The first-order valence-corrected chi connectivity index (χ1v) is 22.1. The highest BCUT2D eigenvalue weighted by atomic mass is 16.4. The molecule has 0 aromatic carbocycles. The van der Waals surface area contributed by atoms with Crippen molar-refractivity contribution in [3.8, 4) is 0 Å². The molecule has 8 heteroatoms. The van der Waals surface area contributed by atoms with Gasteiger partial charge >= 0.3 is 5.97 Å². The van der Waals surface area contributed by atoms with Gasteiger partial charge in [0.2, 0.25) is 11.8 Å². The number of unbranched alkanes of at least 4 members (excludes halogenated alkanes) is 4. The predicted octanol–water partition coefficient (Wildman–Crippen LogP) is 8.83. The van der Waals surface area contributed by atoms with E-state index in [4.69, 9.17) is 5.11 Å². The Kier molecular flexibility index (Phi) is 13.2. The number of nitrogens with one attached hydrogen (secondary N) is 2. The molecule has 0 aromatic heterocycles. The molecule has 0 spiro atoms. The van der Waals surface area contributed by atoms with Crippen LogP contribution in [0.1, 0.15) is 171 Å². The van der Waals surface area contributed by atoms with E-state index in [-0.39, 0.29) is 57.3 Å². The van der Waals surface area contributed by atoms with Crippen LogP contribution in [0.5, 0.6) is 0 Å². The third-order valence-corrected chi connectivity index (χ3v) is 17.3. The van der Waals surface area contributed by atoms with Gasteiger partial charge in [0.15, 0.2) is 0 Å². The molecule has 0 heterocycles. The molecule has 54 heavy (non-hydrogen) atoms. The van der Waals surface area contributed by atoms with Gasteiger partial charge in [0.1, 0.15) is 0 Å². The van der Waals surface area contributed by atoms with Crippen LogP contribution in [-0.4, -0.2) is 57.9 Å². The Bertz CT molecular complexity index is 1380. The number of carboxylic acids is 1. The van der Waals surface area contributed by atoms with Gasteiger partial charge in [-0.1, -0.05) is 79.9 Å². The molecule has 5 aliphatic carbocycles. The summed E-state index contributed by atoms with van der Waals surface area (Å²) >= 11 is 0. The molecule has 5 rings (SSSR count). The molecule has 308 valence electrons. The van der Waals surface area contributed by atoms with Crippen molar-refractivity contribution >= 4 is 17.8 Å². The molecule has 2 amide bonds. The van der Waals surface area contributed by atoms with E-state index in [1.165, 1.54) is 31.3 Å². The highest BCUT2D eigenvalue weighted by Crippen LogP contribution is 2.77. The second-order valence-electron chi connectivity index (χ2n) is 21.0. The van der Waals surface area contributed by atoms with Crippen LogP contribution < -0.4 is 10.6 Å². The van der Waals surface area contributed by atoms with Crippen molar-refractivity contribution in [1.29, 1.82) is 0 Å². The van der Waals surface area contributed by atoms with Gasteiger partial charge in [-0.15, -0.1) is 0 Å². The number of amides is 2. The van der Waals surface area contributed by atoms with E-state index in [2.05, 4.69) is 58.8 Å². The Morgan fingerprint density at radius 1 is 0.815 bits per heavy atom. The van der Waals surface area contributed by atoms with Crippen molar-refractivity contribution < 1.29 is 29.7 Å². The fraction of sp³-hybridized carbons (Fsp3) is 0.891. The lowest BCUT2D eigenvalue weighted by molar-refractivity contribution is -0.246. The summed E-state index contributed by atoms with van der Waals surface area (Å²) in [6.45, 7) is 23.9. The van der Waals surface area contributed by atoms with Gasteiger partial charge in [-0.25, -0.2) is 0 Å². The van der Waals surface area contributed by atoms with Crippen LogP contribution in [0.4, 0.5) is 0 Å². The van der Waals surface area contributed by atoms with Crippen LogP contribution in [0.15, 0.2) is 12.2 Å². The maximum atomic E-state index is 14.5. The van der Waals surface area contributed by atoms with Crippen LogP contribution in [0, 0.1) is 62.6 Å². The number of carbonyl (C=O) groups excluding carboxylic acids is 2. The zero-order valence-corrected chi connectivity index (χ0v) is 35.4. The van der Waals surface area contributed by atoms with Crippen molar-refractivity contribution in [2.75, 3.05) is 6.54 Å².